The predicted molar refractivity (Wildman–Crippen MR) is 83.5 cm³/mol. The number of hydrazine groups is 1. The molecular weight excluding hydrogens is 328 g/mol. The summed E-state index contributed by atoms with van der Waals surface area (Å²) < 4.78 is 22.6. The highest BCUT2D eigenvalue weighted by molar-refractivity contribution is 7.91. The fraction of sp³-hybridized carbons (Fsp3) is 0.286. The largest absolute Gasteiger partial charge is 0.273 e. The van der Waals surface area contributed by atoms with Gasteiger partial charge < -0.3 is 0 Å². The fourth-order valence-corrected chi connectivity index (χ4v) is 3.99. The van der Waals surface area contributed by atoms with Crippen molar-refractivity contribution in [1.82, 2.24) is 10.9 Å². The SMILES string of the molecule is O=C(/C=C/c1cccc(Cl)c1)NNC(=O)[C@H]1CCS(=O)(=O)C1. The van der Waals surface area contributed by atoms with E-state index in [9.17, 15) is 18.0 Å². The molecule has 2 N–H and O–H groups in total. The number of hydrogen-bond donors (Lipinski definition) is 2. The number of amides is 2. The number of halogens is 1. The van der Waals surface area contributed by atoms with Crippen LogP contribution in [0.4, 0.5) is 0 Å². The lowest BCUT2D eigenvalue weighted by molar-refractivity contribution is -0.129. The second-order valence-corrected chi connectivity index (χ2v) is 7.63. The van der Waals surface area contributed by atoms with E-state index in [1.54, 1.807) is 30.3 Å². The Morgan fingerprint density at radius 3 is 2.68 bits per heavy atom. The zero-order valence-electron chi connectivity index (χ0n) is 11.6. The van der Waals surface area contributed by atoms with Gasteiger partial charge >= 0.3 is 0 Å². The van der Waals surface area contributed by atoms with Crippen molar-refractivity contribution in [2.45, 2.75) is 6.42 Å². The molecule has 8 heteroatoms. The van der Waals surface area contributed by atoms with E-state index < -0.39 is 27.6 Å². The number of rotatable bonds is 3. The average molecular weight is 343 g/mol. The van der Waals surface area contributed by atoms with Crippen LogP contribution in [-0.2, 0) is 19.4 Å². The molecule has 1 saturated heterocycles. The van der Waals surface area contributed by atoms with Gasteiger partial charge in [0, 0.05) is 11.1 Å². The lowest BCUT2D eigenvalue weighted by Gasteiger charge is -2.09. The number of hydrogen-bond acceptors (Lipinski definition) is 4. The minimum atomic E-state index is -3.13. The standard InChI is InChI=1S/C14H15ClN2O4S/c15-12-3-1-2-10(8-12)4-5-13(18)16-17-14(19)11-6-7-22(20,21)9-11/h1-5,8,11H,6-7,9H2,(H,16,18)(H,17,19)/b5-4+/t11-/m0/s1. The van der Waals surface area contributed by atoms with Crippen molar-refractivity contribution in [2.24, 2.45) is 5.92 Å². The minimum absolute atomic E-state index is 0.00764. The van der Waals surface area contributed by atoms with Gasteiger partial charge in [-0.25, -0.2) is 8.42 Å². The van der Waals surface area contributed by atoms with Crippen molar-refractivity contribution in [3.63, 3.8) is 0 Å². The number of nitrogens with one attached hydrogen (secondary N) is 2. The van der Waals surface area contributed by atoms with E-state index in [2.05, 4.69) is 10.9 Å². The zero-order chi connectivity index (χ0) is 16.2. The van der Waals surface area contributed by atoms with Crippen LogP contribution in [0.25, 0.3) is 6.08 Å². The highest BCUT2D eigenvalue weighted by Gasteiger charge is 2.32. The van der Waals surface area contributed by atoms with Crippen LogP contribution in [0.2, 0.25) is 5.02 Å². The molecule has 1 aliphatic heterocycles. The lowest BCUT2D eigenvalue weighted by atomic mass is 10.1. The summed E-state index contributed by atoms with van der Waals surface area (Å²) in [6.45, 7) is 0. The number of carbonyl (C=O) groups excluding carboxylic acids is 2. The van der Waals surface area contributed by atoms with E-state index in [0.717, 1.165) is 5.56 Å². The predicted octanol–water partition coefficient (Wildman–Crippen LogP) is 0.935. The number of sulfone groups is 1. The second kappa shape index (κ2) is 6.93. The summed E-state index contributed by atoms with van der Waals surface area (Å²) >= 11 is 5.82. The van der Waals surface area contributed by atoms with Crippen molar-refractivity contribution in [3.05, 3.63) is 40.9 Å². The van der Waals surface area contributed by atoms with Gasteiger partial charge in [-0.2, -0.15) is 0 Å². The van der Waals surface area contributed by atoms with Gasteiger partial charge in [-0.3, -0.25) is 20.4 Å². The van der Waals surface area contributed by atoms with Crippen LogP contribution >= 0.6 is 11.6 Å². The number of carbonyl (C=O) groups is 2. The van der Waals surface area contributed by atoms with E-state index in [1.807, 2.05) is 0 Å². The Balaban J connectivity index is 1.82. The van der Waals surface area contributed by atoms with E-state index in [1.165, 1.54) is 6.08 Å². The molecule has 0 radical (unpaired) electrons. The van der Waals surface area contributed by atoms with Gasteiger partial charge in [0.2, 0.25) is 5.91 Å². The first kappa shape index (κ1) is 16.5. The van der Waals surface area contributed by atoms with Crippen molar-refractivity contribution in [3.8, 4) is 0 Å². The first-order valence-corrected chi connectivity index (χ1v) is 8.79. The molecule has 1 aromatic carbocycles. The summed E-state index contributed by atoms with van der Waals surface area (Å²) in [5.74, 6) is -1.79. The van der Waals surface area contributed by atoms with Gasteiger partial charge in [-0.15, -0.1) is 0 Å². The Labute approximate surface area is 133 Å². The van der Waals surface area contributed by atoms with Gasteiger partial charge in [0.25, 0.3) is 5.91 Å². The molecule has 0 bridgehead atoms. The van der Waals surface area contributed by atoms with Crippen molar-refractivity contribution in [1.29, 1.82) is 0 Å². The number of benzene rings is 1. The van der Waals surface area contributed by atoms with E-state index in [4.69, 9.17) is 11.6 Å². The summed E-state index contributed by atoms with van der Waals surface area (Å²) in [6, 6.07) is 6.93. The molecule has 0 spiro atoms. The topological polar surface area (TPSA) is 92.3 Å². The summed E-state index contributed by atoms with van der Waals surface area (Å²) in [5.41, 5.74) is 5.19. The quantitative estimate of drug-likeness (QED) is 0.631. The summed E-state index contributed by atoms with van der Waals surface area (Å²) in [4.78, 5) is 23.3. The lowest BCUT2D eigenvalue weighted by Crippen LogP contribution is -2.44. The molecule has 1 heterocycles. The molecular formula is C14H15ClN2O4S. The Bertz CT molecular complexity index is 715. The maximum atomic E-state index is 11.7. The maximum absolute atomic E-state index is 11.7. The Kier molecular flexibility index (Phi) is 5.20. The third-order valence-corrected chi connectivity index (χ3v) is 5.19. The fourth-order valence-electron chi connectivity index (χ4n) is 2.05. The van der Waals surface area contributed by atoms with Crippen LogP contribution in [0.5, 0.6) is 0 Å². The van der Waals surface area contributed by atoms with Gasteiger partial charge in [0.1, 0.15) is 0 Å². The molecule has 0 aliphatic carbocycles. The zero-order valence-corrected chi connectivity index (χ0v) is 13.2. The van der Waals surface area contributed by atoms with Crippen molar-refractivity contribution in [2.75, 3.05) is 11.5 Å². The van der Waals surface area contributed by atoms with Crippen LogP contribution < -0.4 is 10.9 Å². The molecule has 2 rings (SSSR count). The summed E-state index contributed by atoms with van der Waals surface area (Å²) in [5, 5.41) is 0.554. The molecule has 118 valence electrons. The molecule has 0 aromatic heterocycles. The van der Waals surface area contributed by atoms with Crippen LogP contribution in [0.1, 0.15) is 12.0 Å². The van der Waals surface area contributed by atoms with Gasteiger partial charge in [-0.05, 0) is 30.2 Å². The first-order valence-electron chi connectivity index (χ1n) is 6.60. The molecule has 6 nitrogen and oxygen atoms in total. The highest BCUT2D eigenvalue weighted by Crippen LogP contribution is 2.18. The third kappa shape index (κ3) is 4.85. The van der Waals surface area contributed by atoms with E-state index in [-0.39, 0.29) is 17.9 Å². The van der Waals surface area contributed by atoms with Crippen LogP contribution in [-0.4, -0.2) is 31.7 Å². The second-order valence-electron chi connectivity index (χ2n) is 4.97. The first-order chi connectivity index (χ1) is 10.4. The molecule has 22 heavy (non-hydrogen) atoms. The molecule has 0 unspecified atom stereocenters. The summed E-state index contributed by atoms with van der Waals surface area (Å²) in [7, 11) is -3.13. The molecule has 0 saturated carbocycles. The van der Waals surface area contributed by atoms with Gasteiger partial charge in [0.05, 0.1) is 17.4 Å². The average Bonchev–Trinajstić information content (AvgIpc) is 2.83. The smallest absolute Gasteiger partial charge is 0.262 e. The summed E-state index contributed by atoms with van der Waals surface area (Å²) in [6.07, 6.45) is 3.08. The highest BCUT2D eigenvalue weighted by atomic mass is 35.5. The third-order valence-electron chi connectivity index (χ3n) is 3.19. The van der Waals surface area contributed by atoms with Crippen molar-refractivity contribution < 1.29 is 18.0 Å². The normalized spacial score (nSPS) is 20.0. The van der Waals surface area contributed by atoms with E-state index in [0.29, 0.717) is 5.02 Å². The maximum Gasteiger partial charge on any atom is 0.262 e. The Hall–Kier alpha value is -1.86. The van der Waals surface area contributed by atoms with Crippen LogP contribution in [0.3, 0.4) is 0 Å². The van der Waals surface area contributed by atoms with Crippen LogP contribution in [0.15, 0.2) is 30.3 Å². The molecule has 1 aromatic rings. The molecule has 1 atom stereocenters. The Morgan fingerprint density at radius 2 is 2.05 bits per heavy atom. The monoisotopic (exact) mass is 342 g/mol. The van der Waals surface area contributed by atoms with Crippen LogP contribution in [0, 0.1) is 5.92 Å². The molecule has 1 fully saturated rings. The van der Waals surface area contributed by atoms with Crippen molar-refractivity contribution >= 4 is 39.3 Å². The molecule has 1 aliphatic rings. The van der Waals surface area contributed by atoms with Gasteiger partial charge in [0.15, 0.2) is 9.84 Å². The minimum Gasteiger partial charge on any atom is -0.273 e. The van der Waals surface area contributed by atoms with E-state index >= 15 is 0 Å². The Morgan fingerprint density at radius 1 is 1.27 bits per heavy atom. The molecule has 2 amide bonds. The van der Waals surface area contributed by atoms with Gasteiger partial charge in [-0.1, -0.05) is 23.7 Å².